The first-order valence-electron chi connectivity index (χ1n) is 6.79. The molecule has 5 nitrogen and oxygen atoms in total. The standard InChI is InChI=1S/C13H11ClF4N4O/c14-8-4-9(15)10(19-5-8)6-22-12(23)21-2-1-7(13(16,17)18)3-11(21)20-22/h4-5,7H,1-3,6H2/t7-/m1/s1. The number of fused-ring (bicyclic) bond motifs is 1. The van der Waals surface area contributed by atoms with Gasteiger partial charge >= 0.3 is 11.9 Å². The molecule has 1 aliphatic heterocycles. The van der Waals surface area contributed by atoms with Crippen LogP contribution in [0.4, 0.5) is 17.6 Å². The third-order valence-corrected chi connectivity index (χ3v) is 3.98. The highest BCUT2D eigenvalue weighted by atomic mass is 35.5. The molecule has 3 heterocycles. The van der Waals surface area contributed by atoms with Gasteiger partial charge in [-0.2, -0.15) is 18.3 Å². The summed E-state index contributed by atoms with van der Waals surface area (Å²) in [6.45, 7) is -0.326. The van der Waals surface area contributed by atoms with Gasteiger partial charge in [0.05, 0.1) is 23.2 Å². The Morgan fingerprint density at radius 2 is 2.13 bits per heavy atom. The van der Waals surface area contributed by atoms with Crippen molar-refractivity contribution in [1.82, 2.24) is 19.3 Å². The predicted octanol–water partition coefficient (Wildman–Crippen LogP) is 2.41. The van der Waals surface area contributed by atoms with E-state index in [0.29, 0.717) is 0 Å². The molecule has 0 aromatic carbocycles. The first-order valence-corrected chi connectivity index (χ1v) is 7.16. The number of rotatable bonds is 2. The fraction of sp³-hybridized carbons (Fsp3) is 0.462. The normalized spacial score (nSPS) is 18.0. The zero-order valence-corrected chi connectivity index (χ0v) is 12.4. The number of nitrogens with zero attached hydrogens (tertiary/aromatic N) is 4. The average Bonchev–Trinajstić information content (AvgIpc) is 2.77. The van der Waals surface area contributed by atoms with Crippen LogP contribution in [-0.4, -0.2) is 25.5 Å². The highest BCUT2D eigenvalue weighted by Crippen LogP contribution is 2.33. The van der Waals surface area contributed by atoms with Crippen molar-refractivity contribution in [2.45, 2.75) is 32.1 Å². The maximum absolute atomic E-state index is 13.7. The minimum atomic E-state index is -4.32. The molecule has 0 fully saturated rings. The molecule has 0 aliphatic carbocycles. The lowest BCUT2D eigenvalue weighted by Gasteiger charge is -2.23. The van der Waals surface area contributed by atoms with Crippen LogP contribution in [0.15, 0.2) is 17.1 Å². The molecule has 0 amide bonds. The Bertz CT molecular complexity index is 798. The van der Waals surface area contributed by atoms with Crippen molar-refractivity contribution in [3.05, 3.63) is 45.1 Å². The van der Waals surface area contributed by atoms with Crippen molar-refractivity contribution < 1.29 is 17.6 Å². The molecule has 2 aromatic rings. The van der Waals surface area contributed by atoms with Gasteiger partial charge in [-0.1, -0.05) is 11.6 Å². The molecule has 0 radical (unpaired) electrons. The van der Waals surface area contributed by atoms with Crippen molar-refractivity contribution in [3.63, 3.8) is 0 Å². The van der Waals surface area contributed by atoms with Gasteiger partial charge in [-0.25, -0.2) is 13.9 Å². The van der Waals surface area contributed by atoms with Crippen molar-refractivity contribution in [3.8, 4) is 0 Å². The van der Waals surface area contributed by atoms with Crippen LogP contribution in [0.1, 0.15) is 17.9 Å². The van der Waals surface area contributed by atoms with Crippen LogP contribution in [0, 0.1) is 11.7 Å². The Morgan fingerprint density at radius 1 is 1.39 bits per heavy atom. The molecule has 0 N–H and O–H groups in total. The second kappa shape index (κ2) is 5.63. The number of hydrogen-bond donors (Lipinski definition) is 0. The molecule has 0 spiro atoms. The Morgan fingerprint density at radius 3 is 2.78 bits per heavy atom. The molecule has 3 rings (SSSR count). The summed E-state index contributed by atoms with van der Waals surface area (Å²) in [5.74, 6) is -2.17. The highest BCUT2D eigenvalue weighted by molar-refractivity contribution is 6.30. The zero-order valence-electron chi connectivity index (χ0n) is 11.6. The largest absolute Gasteiger partial charge is 0.392 e. The first kappa shape index (κ1) is 16.0. The Hall–Kier alpha value is -1.90. The molecule has 0 saturated carbocycles. The highest BCUT2D eigenvalue weighted by Gasteiger charge is 2.42. The zero-order chi connectivity index (χ0) is 16.8. The van der Waals surface area contributed by atoms with E-state index in [4.69, 9.17) is 11.6 Å². The molecule has 1 aliphatic rings. The number of halogens is 5. The van der Waals surface area contributed by atoms with E-state index in [1.807, 2.05) is 0 Å². The minimum Gasteiger partial charge on any atom is -0.279 e. The van der Waals surface area contributed by atoms with Gasteiger partial charge in [0, 0.05) is 19.2 Å². The molecule has 0 bridgehead atoms. The monoisotopic (exact) mass is 350 g/mol. The Labute approximate surface area is 132 Å². The van der Waals surface area contributed by atoms with Crippen molar-refractivity contribution in [1.29, 1.82) is 0 Å². The van der Waals surface area contributed by atoms with E-state index in [2.05, 4.69) is 10.1 Å². The second-order valence-electron chi connectivity index (χ2n) is 5.32. The molecule has 10 heteroatoms. The summed E-state index contributed by atoms with van der Waals surface area (Å²) in [6.07, 6.45) is -3.63. The van der Waals surface area contributed by atoms with Crippen LogP contribution >= 0.6 is 11.6 Å². The maximum atomic E-state index is 13.7. The molecule has 23 heavy (non-hydrogen) atoms. The molecule has 2 aromatic heterocycles. The fourth-order valence-corrected chi connectivity index (χ4v) is 2.70. The topological polar surface area (TPSA) is 52.7 Å². The van der Waals surface area contributed by atoms with Crippen LogP contribution in [0.25, 0.3) is 0 Å². The van der Waals surface area contributed by atoms with Gasteiger partial charge in [-0.15, -0.1) is 0 Å². The molecular formula is C13H11ClF4N4O. The fourth-order valence-electron chi connectivity index (χ4n) is 2.55. The summed E-state index contributed by atoms with van der Waals surface area (Å²) in [5.41, 5.74) is -0.629. The van der Waals surface area contributed by atoms with Crippen molar-refractivity contribution >= 4 is 11.6 Å². The molecule has 1 atom stereocenters. The van der Waals surface area contributed by atoms with Crippen molar-refractivity contribution in [2.24, 2.45) is 5.92 Å². The van der Waals surface area contributed by atoms with E-state index < -0.39 is 23.6 Å². The number of hydrogen-bond acceptors (Lipinski definition) is 3. The molecule has 0 unspecified atom stereocenters. The smallest absolute Gasteiger partial charge is 0.279 e. The lowest BCUT2D eigenvalue weighted by molar-refractivity contribution is -0.179. The summed E-state index contributed by atoms with van der Waals surface area (Å²) in [6, 6.07) is 1.05. The summed E-state index contributed by atoms with van der Waals surface area (Å²) >= 11 is 5.60. The van der Waals surface area contributed by atoms with Crippen LogP contribution < -0.4 is 5.69 Å². The summed E-state index contributed by atoms with van der Waals surface area (Å²) < 4.78 is 54.2. The van der Waals surface area contributed by atoms with Crippen LogP contribution in [0.2, 0.25) is 5.02 Å². The van der Waals surface area contributed by atoms with Gasteiger partial charge in [-0.3, -0.25) is 9.55 Å². The third kappa shape index (κ3) is 3.10. The molecule has 0 saturated heterocycles. The Balaban J connectivity index is 1.89. The lowest BCUT2D eigenvalue weighted by Crippen LogP contribution is -2.34. The number of alkyl halides is 3. The second-order valence-corrected chi connectivity index (χ2v) is 5.76. The van der Waals surface area contributed by atoms with E-state index in [1.54, 1.807) is 0 Å². The van der Waals surface area contributed by atoms with Gasteiger partial charge in [0.1, 0.15) is 11.6 Å². The summed E-state index contributed by atoms with van der Waals surface area (Å²) in [7, 11) is 0. The maximum Gasteiger partial charge on any atom is 0.392 e. The summed E-state index contributed by atoms with van der Waals surface area (Å²) in [4.78, 5) is 15.9. The van der Waals surface area contributed by atoms with Crippen molar-refractivity contribution in [2.75, 3.05) is 0 Å². The number of aromatic nitrogens is 4. The van der Waals surface area contributed by atoms with Gasteiger partial charge in [0.2, 0.25) is 0 Å². The third-order valence-electron chi connectivity index (χ3n) is 3.78. The van der Waals surface area contributed by atoms with Gasteiger partial charge in [-0.05, 0) is 12.5 Å². The SMILES string of the molecule is O=c1n(Cc2ncc(Cl)cc2F)nc2n1CC[C@@H](C(F)(F)F)C2. The average molecular weight is 351 g/mol. The summed E-state index contributed by atoms with van der Waals surface area (Å²) in [5, 5.41) is 4.01. The van der Waals surface area contributed by atoms with Gasteiger partial charge in [0.15, 0.2) is 0 Å². The van der Waals surface area contributed by atoms with E-state index >= 15 is 0 Å². The van der Waals surface area contributed by atoms with E-state index in [9.17, 15) is 22.4 Å². The first-order chi connectivity index (χ1) is 10.8. The van der Waals surface area contributed by atoms with E-state index in [-0.39, 0.29) is 42.5 Å². The van der Waals surface area contributed by atoms with Crippen LogP contribution in [-0.2, 0) is 19.5 Å². The lowest BCUT2D eigenvalue weighted by atomic mass is 9.97. The van der Waals surface area contributed by atoms with Crippen LogP contribution in [0.3, 0.4) is 0 Å². The van der Waals surface area contributed by atoms with E-state index in [1.165, 1.54) is 10.8 Å². The van der Waals surface area contributed by atoms with Gasteiger partial charge in [0.25, 0.3) is 0 Å². The van der Waals surface area contributed by atoms with E-state index in [0.717, 1.165) is 10.7 Å². The van der Waals surface area contributed by atoms with Crippen LogP contribution in [0.5, 0.6) is 0 Å². The minimum absolute atomic E-state index is 0.0537. The Kier molecular flexibility index (Phi) is 3.91. The number of pyridine rings is 1. The van der Waals surface area contributed by atoms with Gasteiger partial charge < -0.3 is 0 Å². The molecular weight excluding hydrogens is 340 g/mol. The predicted molar refractivity (Wildman–Crippen MR) is 72.7 cm³/mol. The quantitative estimate of drug-likeness (QED) is 0.782. The molecule has 124 valence electrons.